The molecule has 0 saturated carbocycles. The van der Waals surface area contributed by atoms with Crippen molar-refractivity contribution in [2.24, 2.45) is 0 Å². The fourth-order valence-corrected chi connectivity index (χ4v) is 3.04. The molecule has 1 aromatic heterocycles. The Balaban J connectivity index is 2.35. The van der Waals surface area contributed by atoms with Crippen LogP contribution in [-0.4, -0.2) is 12.0 Å². The molecule has 1 N–H and O–H groups in total. The summed E-state index contributed by atoms with van der Waals surface area (Å²) in [6.07, 6.45) is 4.82. The molecule has 0 amide bonds. The van der Waals surface area contributed by atoms with Crippen LogP contribution in [0.4, 0.5) is 5.69 Å². The summed E-state index contributed by atoms with van der Waals surface area (Å²) in [5, 5.41) is 4.59. The van der Waals surface area contributed by atoms with Gasteiger partial charge < -0.3 is 5.32 Å². The van der Waals surface area contributed by atoms with Gasteiger partial charge in [-0.05, 0) is 49.4 Å². The van der Waals surface area contributed by atoms with Gasteiger partial charge in [0.15, 0.2) is 0 Å². The summed E-state index contributed by atoms with van der Waals surface area (Å²) in [4.78, 5) is 4.80. The first-order valence-corrected chi connectivity index (χ1v) is 6.87. The standard InChI is InChI=1S/C14H15BrN2/c1-16-14-10-4-2-3-5-12(10)17-13-7-6-9(15)8-11(13)14/h6-8H,2-5H2,1H3,(H,16,17). The van der Waals surface area contributed by atoms with Crippen molar-refractivity contribution in [2.75, 3.05) is 12.4 Å². The number of fused-ring (bicyclic) bond motifs is 2. The predicted molar refractivity (Wildman–Crippen MR) is 75.6 cm³/mol. The van der Waals surface area contributed by atoms with Crippen LogP contribution in [0.3, 0.4) is 0 Å². The maximum Gasteiger partial charge on any atom is 0.0727 e. The van der Waals surface area contributed by atoms with Crippen molar-refractivity contribution < 1.29 is 0 Å². The Hall–Kier alpha value is -1.09. The number of anilines is 1. The molecule has 1 aliphatic rings. The van der Waals surface area contributed by atoms with Gasteiger partial charge in [0.1, 0.15) is 0 Å². The van der Waals surface area contributed by atoms with Crippen LogP contribution in [0.25, 0.3) is 10.9 Å². The van der Waals surface area contributed by atoms with Gasteiger partial charge in [0, 0.05) is 28.3 Å². The predicted octanol–water partition coefficient (Wildman–Crippen LogP) is 3.92. The fraction of sp³-hybridized carbons (Fsp3) is 0.357. The van der Waals surface area contributed by atoms with Crippen LogP contribution < -0.4 is 5.32 Å². The number of pyridine rings is 1. The minimum atomic E-state index is 1.10. The summed E-state index contributed by atoms with van der Waals surface area (Å²) < 4.78 is 1.11. The third kappa shape index (κ3) is 1.82. The molecule has 1 heterocycles. The lowest BCUT2D eigenvalue weighted by atomic mass is 9.93. The summed E-state index contributed by atoms with van der Waals surface area (Å²) >= 11 is 3.54. The Morgan fingerprint density at radius 3 is 2.88 bits per heavy atom. The zero-order valence-electron chi connectivity index (χ0n) is 9.89. The molecule has 0 unspecified atom stereocenters. The molecule has 2 nitrogen and oxygen atoms in total. The normalized spacial score (nSPS) is 14.7. The Labute approximate surface area is 110 Å². The van der Waals surface area contributed by atoms with Gasteiger partial charge in [0.05, 0.1) is 5.52 Å². The maximum absolute atomic E-state index is 4.80. The fourth-order valence-electron chi connectivity index (χ4n) is 2.68. The number of hydrogen-bond acceptors (Lipinski definition) is 2. The van der Waals surface area contributed by atoms with E-state index in [-0.39, 0.29) is 0 Å². The first-order chi connectivity index (χ1) is 8.29. The molecule has 88 valence electrons. The number of nitrogens with one attached hydrogen (secondary N) is 1. The maximum atomic E-state index is 4.80. The summed E-state index contributed by atoms with van der Waals surface area (Å²) in [7, 11) is 2.00. The van der Waals surface area contributed by atoms with Gasteiger partial charge in [-0.1, -0.05) is 15.9 Å². The number of hydrogen-bond donors (Lipinski definition) is 1. The van der Waals surface area contributed by atoms with Crippen molar-refractivity contribution >= 4 is 32.5 Å². The monoisotopic (exact) mass is 290 g/mol. The van der Waals surface area contributed by atoms with Gasteiger partial charge in [-0.3, -0.25) is 4.98 Å². The molecule has 0 fully saturated rings. The lowest BCUT2D eigenvalue weighted by Crippen LogP contribution is -2.09. The van der Waals surface area contributed by atoms with E-state index in [1.807, 2.05) is 7.05 Å². The third-order valence-electron chi connectivity index (χ3n) is 3.47. The first kappa shape index (κ1) is 11.0. The molecule has 0 spiro atoms. The van der Waals surface area contributed by atoms with E-state index in [1.165, 1.54) is 35.2 Å². The van der Waals surface area contributed by atoms with Crippen LogP contribution in [0, 0.1) is 0 Å². The summed E-state index contributed by atoms with van der Waals surface area (Å²) in [5.74, 6) is 0. The van der Waals surface area contributed by atoms with Gasteiger partial charge in [-0.2, -0.15) is 0 Å². The molecule has 1 aliphatic carbocycles. The van der Waals surface area contributed by atoms with E-state index in [0.29, 0.717) is 0 Å². The van der Waals surface area contributed by atoms with Crippen LogP contribution in [0.15, 0.2) is 22.7 Å². The van der Waals surface area contributed by atoms with Crippen LogP contribution in [0.5, 0.6) is 0 Å². The minimum absolute atomic E-state index is 1.10. The number of aromatic nitrogens is 1. The van der Waals surface area contributed by atoms with E-state index in [4.69, 9.17) is 4.98 Å². The quantitative estimate of drug-likeness (QED) is 0.861. The molecule has 0 atom stereocenters. The van der Waals surface area contributed by atoms with Crippen molar-refractivity contribution in [1.29, 1.82) is 0 Å². The zero-order valence-corrected chi connectivity index (χ0v) is 11.5. The second-order valence-corrected chi connectivity index (χ2v) is 5.45. The van der Waals surface area contributed by atoms with E-state index in [2.05, 4.69) is 39.4 Å². The highest BCUT2D eigenvalue weighted by atomic mass is 79.9. The number of benzene rings is 1. The lowest BCUT2D eigenvalue weighted by molar-refractivity contribution is 0.672. The third-order valence-corrected chi connectivity index (χ3v) is 3.97. The van der Waals surface area contributed by atoms with Crippen molar-refractivity contribution in [3.05, 3.63) is 33.9 Å². The number of aryl methyl sites for hydroxylation is 1. The van der Waals surface area contributed by atoms with E-state index in [0.717, 1.165) is 22.8 Å². The van der Waals surface area contributed by atoms with Gasteiger partial charge in [0.2, 0.25) is 0 Å². The molecule has 17 heavy (non-hydrogen) atoms. The molecule has 0 aliphatic heterocycles. The van der Waals surface area contributed by atoms with Gasteiger partial charge in [-0.15, -0.1) is 0 Å². The minimum Gasteiger partial charge on any atom is -0.387 e. The molecule has 3 heteroatoms. The van der Waals surface area contributed by atoms with Gasteiger partial charge in [0.25, 0.3) is 0 Å². The molecular formula is C14H15BrN2. The van der Waals surface area contributed by atoms with Crippen LogP contribution >= 0.6 is 15.9 Å². The Morgan fingerprint density at radius 1 is 1.24 bits per heavy atom. The zero-order chi connectivity index (χ0) is 11.8. The second-order valence-electron chi connectivity index (χ2n) is 4.53. The van der Waals surface area contributed by atoms with E-state index in [1.54, 1.807) is 0 Å². The topological polar surface area (TPSA) is 24.9 Å². The van der Waals surface area contributed by atoms with Crippen molar-refractivity contribution in [3.8, 4) is 0 Å². The van der Waals surface area contributed by atoms with Crippen molar-refractivity contribution in [1.82, 2.24) is 4.98 Å². The highest BCUT2D eigenvalue weighted by molar-refractivity contribution is 9.10. The van der Waals surface area contributed by atoms with Crippen LogP contribution in [-0.2, 0) is 12.8 Å². The second kappa shape index (κ2) is 4.30. The van der Waals surface area contributed by atoms with E-state index in [9.17, 15) is 0 Å². The average molecular weight is 291 g/mol. The highest BCUT2D eigenvalue weighted by Gasteiger charge is 2.17. The molecule has 0 bridgehead atoms. The molecular weight excluding hydrogens is 276 g/mol. The molecule has 0 radical (unpaired) electrons. The van der Waals surface area contributed by atoms with Crippen molar-refractivity contribution in [2.45, 2.75) is 25.7 Å². The first-order valence-electron chi connectivity index (χ1n) is 6.08. The summed E-state index contributed by atoms with van der Waals surface area (Å²) in [6, 6.07) is 6.31. The summed E-state index contributed by atoms with van der Waals surface area (Å²) in [5.41, 5.74) is 5.07. The van der Waals surface area contributed by atoms with Gasteiger partial charge >= 0.3 is 0 Å². The Morgan fingerprint density at radius 2 is 2.06 bits per heavy atom. The van der Waals surface area contributed by atoms with E-state index < -0.39 is 0 Å². The van der Waals surface area contributed by atoms with E-state index >= 15 is 0 Å². The average Bonchev–Trinajstić information content (AvgIpc) is 2.36. The molecule has 0 saturated heterocycles. The van der Waals surface area contributed by atoms with Crippen molar-refractivity contribution in [3.63, 3.8) is 0 Å². The SMILES string of the molecule is CNc1c2c(nc3ccc(Br)cc13)CCCC2. The molecule has 1 aromatic carbocycles. The number of rotatable bonds is 1. The lowest BCUT2D eigenvalue weighted by Gasteiger charge is -2.20. The largest absolute Gasteiger partial charge is 0.387 e. The number of nitrogens with zero attached hydrogens (tertiary/aromatic N) is 1. The molecule has 2 aromatic rings. The Bertz CT molecular complexity index is 578. The Kier molecular flexibility index (Phi) is 2.79. The highest BCUT2D eigenvalue weighted by Crippen LogP contribution is 2.34. The van der Waals surface area contributed by atoms with Crippen LogP contribution in [0.1, 0.15) is 24.1 Å². The smallest absolute Gasteiger partial charge is 0.0727 e. The molecule has 3 rings (SSSR count). The number of halogens is 1. The van der Waals surface area contributed by atoms with Gasteiger partial charge in [-0.25, -0.2) is 0 Å². The van der Waals surface area contributed by atoms with Crippen LogP contribution in [0.2, 0.25) is 0 Å². The summed E-state index contributed by atoms with van der Waals surface area (Å²) in [6.45, 7) is 0.